The smallest absolute Gasteiger partial charge is 0.227 e. The number of hydrogen-bond acceptors (Lipinski definition) is 9. The molecular weight excluding hydrogens is 489 g/mol. The second kappa shape index (κ2) is 11.0. The number of nitriles is 1. The number of halogens is 3. The molecule has 1 amide bonds. The van der Waals surface area contributed by atoms with Crippen molar-refractivity contribution in [3.63, 3.8) is 0 Å². The first kappa shape index (κ1) is 25.5. The molecule has 0 radical (unpaired) electrons. The number of aromatic nitrogens is 5. The van der Waals surface area contributed by atoms with Crippen molar-refractivity contribution in [1.29, 1.82) is 5.26 Å². The van der Waals surface area contributed by atoms with E-state index in [1.807, 2.05) is 6.07 Å². The van der Waals surface area contributed by atoms with Gasteiger partial charge in [-0.2, -0.15) is 20.0 Å². The van der Waals surface area contributed by atoms with E-state index in [1.165, 1.54) is 10.7 Å². The van der Waals surface area contributed by atoms with E-state index in [1.54, 1.807) is 30.0 Å². The van der Waals surface area contributed by atoms with E-state index >= 15 is 0 Å². The molecule has 4 rings (SSSR count). The highest BCUT2D eigenvalue weighted by Gasteiger charge is 2.28. The minimum absolute atomic E-state index is 0.00759. The molecule has 1 aliphatic rings. The Labute approximate surface area is 210 Å². The van der Waals surface area contributed by atoms with Gasteiger partial charge in [0.1, 0.15) is 11.6 Å². The second-order valence-electron chi connectivity index (χ2n) is 8.20. The van der Waals surface area contributed by atoms with Gasteiger partial charge in [-0.25, -0.2) is 23.1 Å². The van der Waals surface area contributed by atoms with Crippen LogP contribution < -0.4 is 10.2 Å². The van der Waals surface area contributed by atoms with Crippen LogP contribution in [0.15, 0.2) is 23.4 Å². The molecule has 1 aliphatic heterocycles. The fourth-order valence-corrected chi connectivity index (χ4v) is 4.04. The Balaban J connectivity index is 1.58. The average molecular weight is 513 g/mol. The zero-order valence-corrected chi connectivity index (χ0v) is 20.1. The van der Waals surface area contributed by atoms with E-state index in [4.69, 9.17) is 5.26 Å². The third-order valence-electron chi connectivity index (χ3n) is 5.74. The summed E-state index contributed by atoms with van der Waals surface area (Å²) < 4.78 is 44.6. The fraction of sp³-hybridized carbons (Fsp3) is 0.348. The normalized spacial score (nSPS) is 14.6. The summed E-state index contributed by atoms with van der Waals surface area (Å²) in [6.07, 6.45) is 3.48. The average Bonchev–Trinajstić information content (AvgIpc) is 3.48. The molecule has 0 aliphatic carbocycles. The van der Waals surface area contributed by atoms with Gasteiger partial charge in [0.15, 0.2) is 23.3 Å². The van der Waals surface area contributed by atoms with Crippen molar-refractivity contribution >= 4 is 18.6 Å². The van der Waals surface area contributed by atoms with Gasteiger partial charge in [0.25, 0.3) is 0 Å². The summed E-state index contributed by atoms with van der Waals surface area (Å²) in [7, 11) is 0. The number of aryl methyl sites for hydroxylation is 2. The van der Waals surface area contributed by atoms with Crippen LogP contribution in [0.2, 0.25) is 0 Å². The molecule has 1 aromatic carbocycles. The Morgan fingerprint density at radius 1 is 1.22 bits per heavy atom. The fourth-order valence-electron chi connectivity index (χ4n) is 4.04. The summed E-state index contributed by atoms with van der Waals surface area (Å²) in [6.45, 7) is 4.34. The lowest BCUT2D eigenvalue weighted by molar-refractivity contribution is -0.109. The summed E-state index contributed by atoms with van der Waals surface area (Å²) in [6, 6.07) is 3.38. The molecule has 0 saturated carbocycles. The van der Waals surface area contributed by atoms with Crippen molar-refractivity contribution in [1.82, 2.24) is 35.1 Å². The van der Waals surface area contributed by atoms with Crippen LogP contribution in [0, 0.1) is 42.6 Å². The maximum absolute atomic E-state index is 14.6. The summed E-state index contributed by atoms with van der Waals surface area (Å²) >= 11 is 0. The van der Waals surface area contributed by atoms with Crippen LogP contribution in [0.25, 0.3) is 5.82 Å². The van der Waals surface area contributed by atoms with Crippen molar-refractivity contribution in [2.45, 2.75) is 26.3 Å². The minimum atomic E-state index is -1.10. The van der Waals surface area contributed by atoms with Crippen LogP contribution in [0.1, 0.15) is 35.2 Å². The van der Waals surface area contributed by atoms with Gasteiger partial charge in [-0.15, -0.1) is 5.10 Å². The summed E-state index contributed by atoms with van der Waals surface area (Å²) in [4.78, 5) is 25.1. The van der Waals surface area contributed by atoms with Crippen LogP contribution in [0.4, 0.5) is 19.1 Å². The van der Waals surface area contributed by atoms with Crippen molar-refractivity contribution in [3.05, 3.63) is 58.6 Å². The van der Waals surface area contributed by atoms with Gasteiger partial charge in [0.05, 0.1) is 30.4 Å². The lowest BCUT2D eigenvalue weighted by Gasteiger charge is -2.29. The van der Waals surface area contributed by atoms with Crippen LogP contribution in [0.5, 0.6) is 0 Å². The van der Waals surface area contributed by atoms with Gasteiger partial charge in [-0.05, 0) is 26.0 Å². The van der Waals surface area contributed by atoms with E-state index in [-0.39, 0.29) is 49.1 Å². The molecule has 0 fully saturated rings. The first-order valence-corrected chi connectivity index (χ1v) is 11.4. The van der Waals surface area contributed by atoms with Gasteiger partial charge in [-0.3, -0.25) is 9.80 Å². The van der Waals surface area contributed by atoms with Crippen LogP contribution in [-0.4, -0.2) is 68.5 Å². The maximum Gasteiger partial charge on any atom is 0.227 e. The Hall–Kier alpha value is -4.54. The number of rotatable bonds is 10. The monoisotopic (exact) mass is 512 g/mol. The maximum atomic E-state index is 14.6. The first-order chi connectivity index (χ1) is 17.8. The van der Waals surface area contributed by atoms with Crippen LogP contribution >= 0.6 is 0 Å². The standard InChI is InChI=1S/C23H23F3N10O/c1-14-31-15(2)36(33-14)22-19(25)12-29-23(32-22)34(6-5-28-13-37)7-8-35-20(3-4-30-35)17-9-16(11-27)10-18(24)21(17)26/h4,9-10,12-13,20H,3,5-8H2,1-2H3,(H,28,37). The number of amides is 1. The Bertz CT molecular complexity index is 1370. The topological polar surface area (TPSA) is 128 Å². The second-order valence-corrected chi connectivity index (χ2v) is 8.20. The van der Waals surface area contributed by atoms with E-state index in [9.17, 15) is 18.0 Å². The number of carbonyl (C=O) groups excluding carboxylic acids is 1. The number of carbonyl (C=O) groups is 1. The first-order valence-electron chi connectivity index (χ1n) is 11.4. The predicted molar refractivity (Wildman–Crippen MR) is 126 cm³/mol. The molecule has 1 N–H and O–H groups in total. The zero-order valence-electron chi connectivity index (χ0n) is 20.1. The third-order valence-corrected chi connectivity index (χ3v) is 5.74. The SMILES string of the molecule is Cc1nc(C)n(-c2nc(N(CCNC=O)CCN3N=CCC3c3cc(C#N)cc(F)c3F)ncc2F)n1. The molecule has 14 heteroatoms. The number of hydrogen-bond donors (Lipinski definition) is 1. The molecule has 0 bridgehead atoms. The van der Waals surface area contributed by atoms with E-state index in [0.29, 0.717) is 24.5 Å². The van der Waals surface area contributed by atoms with E-state index in [0.717, 1.165) is 12.3 Å². The Kier molecular flexibility index (Phi) is 7.61. The van der Waals surface area contributed by atoms with E-state index in [2.05, 4.69) is 30.5 Å². The molecule has 192 valence electrons. The minimum Gasteiger partial charge on any atom is -0.357 e. The molecule has 37 heavy (non-hydrogen) atoms. The molecular formula is C23H23F3N10O. The van der Waals surface area contributed by atoms with Gasteiger partial charge >= 0.3 is 0 Å². The van der Waals surface area contributed by atoms with Crippen LogP contribution in [-0.2, 0) is 4.79 Å². The van der Waals surface area contributed by atoms with E-state index < -0.39 is 23.5 Å². The Morgan fingerprint density at radius 3 is 2.73 bits per heavy atom. The number of hydrazone groups is 1. The molecule has 0 spiro atoms. The summed E-state index contributed by atoms with van der Waals surface area (Å²) in [5, 5.41) is 21.8. The lowest BCUT2D eigenvalue weighted by atomic mass is 10.0. The Morgan fingerprint density at radius 2 is 2.03 bits per heavy atom. The van der Waals surface area contributed by atoms with Crippen molar-refractivity contribution in [3.8, 4) is 11.9 Å². The quantitative estimate of drug-likeness (QED) is 0.323. The highest BCUT2D eigenvalue weighted by Crippen LogP contribution is 2.31. The number of benzene rings is 1. The molecule has 3 aromatic rings. The summed E-state index contributed by atoms with van der Waals surface area (Å²) in [5.74, 6) is -1.85. The predicted octanol–water partition coefficient (Wildman–Crippen LogP) is 1.95. The molecule has 3 heterocycles. The lowest BCUT2D eigenvalue weighted by Crippen LogP contribution is -2.38. The van der Waals surface area contributed by atoms with Gasteiger partial charge in [0, 0.05) is 37.8 Å². The molecule has 2 aromatic heterocycles. The number of anilines is 1. The largest absolute Gasteiger partial charge is 0.357 e. The van der Waals surface area contributed by atoms with Crippen molar-refractivity contribution in [2.24, 2.45) is 5.10 Å². The zero-order chi connectivity index (χ0) is 26.5. The molecule has 11 nitrogen and oxygen atoms in total. The number of nitrogens with one attached hydrogen (secondary N) is 1. The highest BCUT2D eigenvalue weighted by atomic mass is 19.2. The van der Waals surface area contributed by atoms with Crippen molar-refractivity contribution in [2.75, 3.05) is 31.1 Å². The third kappa shape index (κ3) is 5.50. The van der Waals surface area contributed by atoms with Gasteiger partial charge in [0.2, 0.25) is 12.4 Å². The molecule has 0 saturated heterocycles. The number of nitrogens with zero attached hydrogens (tertiary/aromatic N) is 9. The highest BCUT2D eigenvalue weighted by molar-refractivity contribution is 5.61. The molecule has 1 unspecified atom stereocenters. The summed E-state index contributed by atoms with van der Waals surface area (Å²) in [5.41, 5.74) is 0.0359. The van der Waals surface area contributed by atoms with Gasteiger partial charge in [-0.1, -0.05) is 0 Å². The van der Waals surface area contributed by atoms with Crippen molar-refractivity contribution < 1.29 is 18.0 Å². The van der Waals surface area contributed by atoms with Gasteiger partial charge < -0.3 is 10.2 Å². The molecule has 1 atom stereocenters. The van der Waals surface area contributed by atoms with Crippen LogP contribution in [0.3, 0.4) is 0 Å².